The van der Waals surface area contributed by atoms with E-state index in [1.807, 2.05) is 0 Å². The summed E-state index contributed by atoms with van der Waals surface area (Å²) in [5, 5.41) is 3.40. The van der Waals surface area contributed by atoms with Crippen LogP contribution < -0.4 is 10.1 Å². The van der Waals surface area contributed by atoms with E-state index in [0.717, 1.165) is 25.4 Å². The molecule has 0 aliphatic heterocycles. The third-order valence-corrected chi connectivity index (χ3v) is 2.52. The number of aryl methyl sites for hydroxylation is 2. The summed E-state index contributed by atoms with van der Waals surface area (Å²) in [6.45, 7) is 13.5. The van der Waals surface area contributed by atoms with Gasteiger partial charge >= 0.3 is 0 Å². The smallest absolute Gasteiger partial charge is 0.122 e. The lowest BCUT2D eigenvalue weighted by molar-refractivity contribution is 0.295. The van der Waals surface area contributed by atoms with E-state index in [4.69, 9.17) is 4.74 Å². The Hall–Kier alpha value is -1.02. The first-order chi connectivity index (χ1) is 7.88. The zero-order chi connectivity index (χ0) is 12.9. The van der Waals surface area contributed by atoms with Crippen molar-refractivity contribution in [3.8, 4) is 5.75 Å². The standard InChI is InChI=1S/C15H25NO/c1-12-6-7-14(13(2)10-12)17-9-8-16-11-15(3,4)5/h6-7,10,16H,8-9,11H2,1-5H3. The van der Waals surface area contributed by atoms with E-state index in [9.17, 15) is 0 Å². The Labute approximate surface area is 105 Å². The molecule has 1 N–H and O–H groups in total. The van der Waals surface area contributed by atoms with Crippen LogP contribution in [0.25, 0.3) is 0 Å². The minimum Gasteiger partial charge on any atom is -0.492 e. The van der Waals surface area contributed by atoms with Crippen LogP contribution in [0.5, 0.6) is 5.75 Å². The highest BCUT2D eigenvalue weighted by Crippen LogP contribution is 2.18. The van der Waals surface area contributed by atoms with Crippen LogP contribution in [0.1, 0.15) is 31.9 Å². The van der Waals surface area contributed by atoms with Gasteiger partial charge in [-0.3, -0.25) is 0 Å². The van der Waals surface area contributed by atoms with Crippen LogP contribution in [0, 0.1) is 19.3 Å². The number of benzene rings is 1. The summed E-state index contributed by atoms with van der Waals surface area (Å²) in [4.78, 5) is 0. The molecule has 0 heterocycles. The predicted octanol–water partition coefficient (Wildman–Crippen LogP) is 3.32. The van der Waals surface area contributed by atoms with Gasteiger partial charge in [0, 0.05) is 13.1 Å². The monoisotopic (exact) mass is 235 g/mol. The zero-order valence-corrected chi connectivity index (χ0v) is 11.8. The highest BCUT2D eigenvalue weighted by molar-refractivity contribution is 5.35. The molecule has 0 aliphatic carbocycles. The van der Waals surface area contributed by atoms with Crippen molar-refractivity contribution >= 4 is 0 Å². The number of rotatable bonds is 5. The van der Waals surface area contributed by atoms with Crippen molar-refractivity contribution < 1.29 is 4.74 Å². The lowest BCUT2D eigenvalue weighted by Gasteiger charge is -2.19. The summed E-state index contributed by atoms with van der Waals surface area (Å²) < 4.78 is 5.74. The second kappa shape index (κ2) is 6.06. The van der Waals surface area contributed by atoms with Gasteiger partial charge in [-0.2, -0.15) is 0 Å². The number of nitrogens with one attached hydrogen (secondary N) is 1. The van der Waals surface area contributed by atoms with Gasteiger partial charge in [0.1, 0.15) is 12.4 Å². The topological polar surface area (TPSA) is 21.3 Å². The Morgan fingerprint density at radius 2 is 1.88 bits per heavy atom. The van der Waals surface area contributed by atoms with Crippen molar-refractivity contribution in [3.63, 3.8) is 0 Å². The summed E-state index contributed by atoms with van der Waals surface area (Å²) in [6.07, 6.45) is 0. The van der Waals surface area contributed by atoms with Gasteiger partial charge in [-0.05, 0) is 30.9 Å². The van der Waals surface area contributed by atoms with Gasteiger partial charge in [-0.15, -0.1) is 0 Å². The third kappa shape index (κ3) is 5.73. The summed E-state index contributed by atoms with van der Waals surface area (Å²) in [6, 6.07) is 6.29. The molecule has 0 amide bonds. The largest absolute Gasteiger partial charge is 0.492 e. The average Bonchev–Trinajstić information content (AvgIpc) is 2.18. The van der Waals surface area contributed by atoms with Crippen LogP contribution in [-0.2, 0) is 0 Å². The first-order valence-electron chi connectivity index (χ1n) is 6.29. The molecule has 1 aromatic rings. The number of hydrogen-bond donors (Lipinski definition) is 1. The van der Waals surface area contributed by atoms with E-state index in [-0.39, 0.29) is 0 Å². The van der Waals surface area contributed by atoms with Gasteiger partial charge in [-0.25, -0.2) is 0 Å². The van der Waals surface area contributed by atoms with Gasteiger partial charge < -0.3 is 10.1 Å². The summed E-state index contributed by atoms with van der Waals surface area (Å²) in [7, 11) is 0. The van der Waals surface area contributed by atoms with Crippen molar-refractivity contribution in [2.75, 3.05) is 19.7 Å². The maximum absolute atomic E-state index is 5.74. The van der Waals surface area contributed by atoms with Gasteiger partial charge in [0.2, 0.25) is 0 Å². The third-order valence-electron chi connectivity index (χ3n) is 2.52. The van der Waals surface area contributed by atoms with Crippen LogP contribution in [0.15, 0.2) is 18.2 Å². The molecule has 0 saturated carbocycles. The number of hydrogen-bond acceptors (Lipinski definition) is 2. The van der Waals surface area contributed by atoms with Crippen LogP contribution in [0.3, 0.4) is 0 Å². The molecular weight excluding hydrogens is 210 g/mol. The zero-order valence-electron chi connectivity index (χ0n) is 11.8. The first-order valence-corrected chi connectivity index (χ1v) is 6.29. The first kappa shape index (κ1) is 14.0. The molecule has 0 atom stereocenters. The van der Waals surface area contributed by atoms with Crippen LogP contribution in [0.4, 0.5) is 0 Å². The van der Waals surface area contributed by atoms with E-state index in [0.29, 0.717) is 5.41 Å². The molecule has 1 aromatic carbocycles. The molecule has 96 valence electrons. The fourth-order valence-electron chi connectivity index (χ4n) is 1.66. The van der Waals surface area contributed by atoms with Gasteiger partial charge in [0.25, 0.3) is 0 Å². The van der Waals surface area contributed by atoms with E-state index in [1.54, 1.807) is 0 Å². The quantitative estimate of drug-likeness (QED) is 0.791. The fourth-order valence-corrected chi connectivity index (χ4v) is 1.66. The summed E-state index contributed by atoms with van der Waals surface area (Å²) >= 11 is 0. The lowest BCUT2D eigenvalue weighted by atomic mass is 9.97. The van der Waals surface area contributed by atoms with Crippen LogP contribution in [-0.4, -0.2) is 19.7 Å². The second-order valence-corrected chi connectivity index (χ2v) is 5.85. The second-order valence-electron chi connectivity index (χ2n) is 5.85. The molecule has 0 aliphatic rings. The summed E-state index contributed by atoms with van der Waals surface area (Å²) in [5.74, 6) is 0.994. The Morgan fingerprint density at radius 3 is 2.47 bits per heavy atom. The van der Waals surface area contributed by atoms with E-state index in [1.165, 1.54) is 11.1 Å². The Morgan fingerprint density at radius 1 is 1.18 bits per heavy atom. The highest BCUT2D eigenvalue weighted by Gasteiger charge is 2.08. The highest BCUT2D eigenvalue weighted by atomic mass is 16.5. The predicted molar refractivity (Wildman–Crippen MR) is 73.7 cm³/mol. The van der Waals surface area contributed by atoms with E-state index in [2.05, 4.69) is 58.1 Å². The SMILES string of the molecule is Cc1ccc(OCCNCC(C)(C)C)c(C)c1. The minimum absolute atomic E-state index is 0.333. The molecule has 0 aromatic heterocycles. The minimum atomic E-state index is 0.333. The van der Waals surface area contributed by atoms with Crippen molar-refractivity contribution in [1.29, 1.82) is 0 Å². The van der Waals surface area contributed by atoms with Crippen molar-refractivity contribution in [1.82, 2.24) is 5.32 Å². The molecule has 0 unspecified atom stereocenters. The summed E-state index contributed by atoms with van der Waals surface area (Å²) in [5.41, 5.74) is 2.82. The molecule has 0 radical (unpaired) electrons. The molecule has 0 saturated heterocycles. The van der Waals surface area contributed by atoms with Gasteiger partial charge in [0.15, 0.2) is 0 Å². The average molecular weight is 235 g/mol. The van der Waals surface area contributed by atoms with Crippen molar-refractivity contribution in [2.45, 2.75) is 34.6 Å². The number of ether oxygens (including phenoxy) is 1. The maximum atomic E-state index is 5.74. The Balaban J connectivity index is 2.27. The Bertz CT molecular complexity index is 352. The molecule has 17 heavy (non-hydrogen) atoms. The van der Waals surface area contributed by atoms with Crippen molar-refractivity contribution in [2.24, 2.45) is 5.41 Å². The maximum Gasteiger partial charge on any atom is 0.122 e. The van der Waals surface area contributed by atoms with E-state index >= 15 is 0 Å². The van der Waals surface area contributed by atoms with Gasteiger partial charge in [-0.1, -0.05) is 38.5 Å². The lowest BCUT2D eigenvalue weighted by Crippen LogP contribution is -2.30. The molecule has 2 nitrogen and oxygen atoms in total. The van der Waals surface area contributed by atoms with Crippen LogP contribution in [0.2, 0.25) is 0 Å². The fraction of sp³-hybridized carbons (Fsp3) is 0.600. The van der Waals surface area contributed by atoms with Gasteiger partial charge in [0.05, 0.1) is 0 Å². The van der Waals surface area contributed by atoms with Crippen molar-refractivity contribution in [3.05, 3.63) is 29.3 Å². The molecule has 0 fully saturated rings. The molecule has 0 spiro atoms. The normalized spacial score (nSPS) is 11.6. The molecule has 2 heteroatoms. The van der Waals surface area contributed by atoms with Crippen LogP contribution >= 0.6 is 0 Å². The molecule has 0 bridgehead atoms. The molecular formula is C15H25NO. The van der Waals surface area contributed by atoms with E-state index < -0.39 is 0 Å². The Kier molecular flexibility index (Phi) is 5.01. The molecule has 1 rings (SSSR count).